The van der Waals surface area contributed by atoms with Crippen molar-refractivity contribution in [2.24, 2.45) is 5.41 Å². The van der Waals surface area contributed by atoms with E-state index in [-0.39, 0.29) is 23.4 Å². The van der Waals surface area contributed by atoms with Crippen LogP contribution in [-0.4, -0.2) is 73.1 Å². The number of rotatable bonds is 4. The van der Waals surface area contributed by atoms with E-state index in [2.05, 4.69) is 20.3 Å². The minimum absolute atomic E-state index is 0.0193. The number of likely N-dealkylation sites (tertiary alicyclic amines) is 2. The Morgan fingerprint density at radius 3 is 2.47 bits per heavy atom. The first kappa shape index (κ1) is 19.7. The van der Waals surface area contributed by atoms with Gasteiger partial charge < -0.3 is 14.5 Å². The second kappa shape index (κ2) is 6.79. The van der Waals surface area contributed by atoms with Gasteiger partial charge in [-0.15, -0.1) is 10.2 Å². The SMILES string of the molecule is O=C(N1CC(Oc2ccc(C(F)(F)F)nn2)C1)N1CC2(CC(n3cnc(C4CC4)n3)C2)C1. The minimum atomic E-state index is -4.53. The molecule has 2 aliphatic heterocycles. The number of halogens is 3. The van der Waals surface area contributed by atoms with Crippen LogP contribution >= 0.6 is 0 Å². The van der Waals surface area contributed by atoms with Crippen LogP contribution in [0.3, 0.4) is 0 Å². The molecule has 2 amide bonds. The molecule has 2 aromatic heterocycles. The summed E-state index contributed by atoms with van der Waals surface area (Å²) in [6, 6.07) is 2.34. The number of amides is 2. The average Bonchev–Trinajstić information content (AvgIpc) is 3.40. The molecule has 9 nitrogen and oxygen atoms in total. The fourth-order valence-electron chi connectivity index (χ4n) is 4.85. The maximum atomic E-state index is 12.6. The average molecular weight is 449 g/mol. The fraction of sp³-hybridized carbons (Fsp3) is 0.650. The molecule has 6 rings (SSSR count). The molecule has 1 spiro atoms. The summed E-state index contributed by atoms with van der Waals surface area (Å²) in [6.45, 7) is 2.27. The van der Waals surface area contributed by atoms with Crippen LogP contribution < -0.4 is 4.74 Å². The summed E-state index contributed by atoms with van der Waals surface area (Å²) in [6.07, 6.45) is 1.43. The number of hydrogen-bond donors (Lipinski definition) is 0. The smallest absolute Gasteiger partial charge is 0.435 e. The predicted molar refractivity (Wildman–Crippen MR) is 103 cm³/mol. The van der Waals surface area contributed by atoms with Crippen LogP contribution in [0.25, 0.3) is 0 Å². The Balaban J connectivity index is 0.939. The van der Waals surface area contributed by atoms with Crippen molar-refractivity contribution in [1.29, 1.82) is 0 Å². The Morgan fingerprint density at radius 2 is 1.84 bits per heavy atom. The molecule has 0 atom stereocenters. The lowest BCUT2D eigenvalue weighted by atomic mass is 9.61. The third-order valence-electron chi connectivity index (χ3n) is 6.84. The molecule has 170 valence electrons. The molecule has 32 heavy (non-hydrogen) atoms. The highest BCUT2D eigenvalue weighted by molar-refractivity contribution is 5.76. The van der Waals surface area contributed by atoms with E-state index in [1.54, 1.807) is 4.90 Å². The Labute approximate surface area is 181 Å². The molecule has 0 unspecified atom stereocenters. The van der Waals surface area contributed by atoms with Gasteiger partial charge in [0.15, 0.2) is 11.5 Å². The molecule has 4 fully saturated rings. The molecule has 2 saturated carbocycles. The molecule has 12 heteroatoms. The van der Waals surface area contributed by atoms with E-state index in [0.29, 0.717) is 25.0 Å². The number of ether oxygens (including phenoxy) is 1. The second-order valence-corrected chi connectivity index (χ2v) is 9.46. The van der Waals surface area contributed by atoms with Crippen LogP contribution in [0, 0.1) is 5.41 Å². The molecule has 4 aliphatic rings. The van der Waals surface area contributed by atoms with Crippen LogP contribution in [-0.2, 0) is 6.18 Å². The van der Waals surface area contributed by atoms with Gasteiger partial charge in [-0.25, -0.2) is 14.5 Å². The van der Waals surface area contributed by atoms with Gasteiger partial charge in [0.05, 0.1) is 19.1 Å². The zero-order chi connectivity index (χ0) is 22.1. The highest BCUT2D eigenvalue weighted by atomic mass is 19.4. The summed E-state index contributed by atoms with van der Waals surface area (Å²) in [5.74, 6) is 1.54. The van der Waals surface area contributed by atoms with Gasteiger partial charge in [0.25, 0.3) is 0 Å². The van der Waals surface area contributed by atoms with Crippen LogP contribution in [0.2, 0.25) is 0 Å². The lowest BCUT2D eigenvalue weighted by Crippen LogP contribution is -2.69. The Hall–Kier alpha value is -2.92. The highest BCUT2D eigenvalue weighted by Crippen LogP contribution is 2.54. The lowest BCUT2D eigenvalue weighted by Gasteiger charge is -2.59. The fourth-order valence-corrected chi connectivity index (χ4v) is 4.85. The summed E-state index contributed by atoms with van der Waals surface area (Å²) in [5.41, 5.74) is -0.866. The monoisotopic (exact) mass is 449 g/mol. The largest absolute Gasteiger partial charge is 0.469 e. The van der Waals surface area contributed by atoms with E-state index >= 15 is 0 Å². The van der Waals surface area contributed by atoms with E-state index in [0.717, 1.165) is 43.9 Å². The second-order valence-electron chi connectivity index (χ2n) is 9.46. The zero-order valence-electron chi connectivity index (χ0n) is 17.2. The van der Waals surface area contributed by atoms with Gasteiger partial charge in [-0.1, -0.05) is 0 Å². The summed E-state index contributed by atoms with van der Waals surface area (Å²) >= 11 is 0. The van der Waals surface area contributed by atoms with Crippen molar-refractivity contribution in [3.63, 3.8) is 0 Å². The van der Waals surface area contributed by atoms with Crippen molar-refractivity contribution in [2.75, 3.05) is 26.2 Å². The van der Waals surface area contributed by atoms with Crippen LogP contribution in [0.4, 0.5) is 18.0 Å². The topological polar surface area (TPSA) is 89.3 Å². The number of carbonyl (C=O) groups excluding carboxylic acids is 1. The van der Waals surface area contributed by atoms with Crippen molar-refractivity contribution in [1.82, 2.24) is 34.8 Å². The van der Waals surface area contributed by atoms with Crippen molar-refractivity contribution in [3.8, 4) is 5.88 Å². The van der Waals surface area contributed by atoms with Gasteiger partial charge in [-0.05, 0) is 31.7 Å². The van der Waals surface area contributed by atoms with Gasteiger partial charge in [0.1, 0.15) is 12.4 Å². The molecule has 2 aliphatic carbocycles. The first-order chi connectivity index (χ1) is 15.3. The molecule has 0 radical (unpaired) electrons. The molecule has 0 N–H and O–H groups in total. The van der Waals surface area contributed by atoms with E-state index < -0.39 is 11.9 Å². The molecule has 0 aromatic carbocycles. The third-order valence-corrected chi connectivity index (χ3v) is 6.84. The Kier molecular flexibility index (Phi) is 4.19. The summed E-state index contributed by atoms with van der Waals surface area (Å²) in [5, 5.41) is 11.2. The predicted octanol–water partition coefficient (Wildman–Crippen LogP) is 2.48. The van der Waals surface area contributed by atoms with Gasteiger partial charge >= 0.3 is 12.2 Å². The Bertz CT molecular complexity index is 1020. The molecule has 2 saturated heterocycles. The van der Waals surface area contributed by atoms with Gasteiger partial charge in [0.2, 0.25) is 5.88 Å². The molecule has 0 bridgehead atoms. The van der Waals surface area contributed by atoms with Gasteiger partial charge in [-0.2, -0.15) is 18.3 Å². The lowest BCUT2D eigenvalue weighted by molar-refractivity contribution is -0.141. The Morgan fingerprint density at radius 1 is 1.09 bits per heavy atom. The summed E-state index contributed by atoms with van der Waals surface area (Å²) in [4.78, 5) is 20.6. The van der Waals surface area contributed by atoms with Crippen LogP contribution in [0.5, 0.6) is 5.88 Å². The first-order valence-electron chi connectivity index (χ1n) is 10.8. The number of alkyl halides is 3. The number of carbonyl (C=O) groups is 1. The molecule has 4 heterocycles. The number of nitrogens with zero attached hydrogens (tertiary/aromatic N) is 7. The van der Waals surface area contributed by atoms with E-state index in [9.17, 15) is 18.0 Å². The van der Waals surface area contributed by atoms with Crippen molar-refractivity contribution < 1.29 is 22.7 Å². The number of urea groups is 1. The van der Waals surface area contributed by atoms with E-state index in [4.69, 9.17) is 4.74 Å². The van der Waals surface area contributed by atoms with Crippen molar-refractivity contribution in [3.05, 3.63) is 30.0 Å². The summed E-state index contributed by atoms with van der Waals surface area (Å²) in [7, 11) is 0. The normalized spacial score (nSPS) is 23.0. The quantitative estimate of drug-likeness (QED) is 0.713. The van der Waals surface area contributed by atoms with E-state index in [1.165, 1.54) is 12.8 Å². The zero-order valence-corrected chi connectivity index (χ0v) is 17.2. The van der Waals surface area contributed by atoms with Crippen molar-refractivity contribution in [2.45, 2.75) is 49.9 Å². The third kappa shape index (κ3) is 3.45. The van der Waals surface area contributed by atoms with Crippen LogP contribution in [0.15, 0.2) is 18.5 Å². The number of hydrogen-bond acceptors (Lipinski definition) is 6. The van der Waals surface area contributed by atoms with Gasteiger partial charge in [-0.3, -0.25) is 0 Å². The number of aromatic nitrogens is 5. The summed E-state index contributed by atoms with van der Waals surface area (Å²) < 4.78 is 45.1. The van der Waals surface area contributed by atoms with Crippen LogP contribution in [0.1, 0.15) is 49.2 Å². The standard InChI is InChI=1S/C20H22F3N7O2/c21-20(22,23)15-3-4-16(26-25-15)32-14-7-28(8-14)18(31)29-9-19(10-29)5-13(6-19)30-11-24-17(27-30)12-1-2-12/h3-4,11-14H,1-2,5-10H2. The van der Waals surface area contributed by atoms with Crippen molar-refractivity contribution >= 4 is 6.03 Å². The molecule has 2 aromatic rings. The molecular formula is C20H22F3N7O2. The maximum absolute atomic E-state index is 12.6. The minimum Gasteiger partial charge on any atom is -0.469 e. The van der Waals surface area contributed by atoms with Gasteiger partial charge in [0, 0.05) is 30.5 Å². The maximum Gasteiger partial charge on any atom is 0.435 e. The highest BCUT2D eigenvalue weighted by Gasteiger charge is 2.55. The van der Waals surface area contributed by atoms with E-state index in [1.807, 2.05) is 15.9 Å². The first-order valence-corrected chi connectivity index (χ1v) is 10.8. The molecular weight excluding hydrogens is 427 g/mol.